The fraction of sp³-hybridized carbons (Fsp3) is 0.600. The highest BCUT2D eigenvalue weighted by Gasteiger charge is 1.98. The smallest absolute Gasteiger partial charge is 0.164 e. The first-order valence-corrected chi connectivity index (χ1v) is 2.37. The van der Waals surface area contributed by atoms with Crippen molar-refractivity contribution in [1.82, 2.24) is 0 Å². The maximum atomic E-state index is 10.3. The first-order chi connectivity index (χ1) is 4.16. The second-order valence-electron chi connectivity index (χ2n) is 1.52. The normalized spacial score (nSPS) is 9.00. The van der Waals surface area contributed by atoms with Gasteiger partial charge in [0.25, 0.3) is 0 Å². The van der Waals surface area contributed by atoms with Crippen molar-refractivity contribution in [3.8, 4) is 0 Å². The number of carboxylic acids is 1. The molecule has 0 amide bonds. The van der Waals surface area contributed by atoms with Gasteiger partial charge in [0.1, 0.15) is 6.61 Å². The molecule has 0 N–H and O–H groups in total. The molecule has 0 aromatic rings. The minimum atomic E-state index is -1.36. The van der Waals surface area contributed by atoms with E-state index in [-0.39, 0.29) is 6.61 Å². The molecule has 0 bridgehead atoms. The Morgan fingerprint density at radius 1 is 1.56 bits per heavy atom. The van der Waals surface area contributed by atoms with Gasteiger partial charge in [-0.25, -0.2) is 0 Å². The van der Waals surface area contributed by atoms with Gasteiger partial charge >= 0.3 is 0 Å². The van der Waals surface area contributed by atoms with Crippen molar-refractivity contribution in [2.24, 2.45) is 0 Å². The molecule has 9 heavy (non-hydrogen) atoms. The average Bonchev–Trinajstić information content (AvgIpc) is 1.63. The number of carbonyl (C=O) groups is 2. The first-order valence-electron chi connectivity index (χ1n) is 2.37. The van der Waals surface area contributed by atoms with Gasteiger partial charge in [-0.2, -0.15) is 0 Å². The molecule has 0 aliphatic heterocycles. The molecule has 0 aliphatic rings. The summed E-state index contributed by atoms with van der Waals surface area (Å²) < 4.78 is 4.36. The Morgan fingerprint density at radius 3 is 2.44 bits per heavy atom. The lowest BCUT2D eigenvalue weighted by atomic mass is 10.3. The van der Waals surface area contributed by atoms with E-state index in [1.54, 1.807) is 0 Å². The molecule has 0 aliphatic carbocycles. The van der Waals surface area contributed by atoms with Crippen molar-refractivity contribution in [3.05, 3.63) is 0 Å². The lowest BCUT2D eigenvalue weighted by Crippen LogP contribution is -2.26. The van der Waals surface area contributed by atoms with E-state index >= 15 is 0 Å². The largest absolute Gasteiger partial charge is 0.550 e. The number of carboxylic acid groups (broad SMARTS) is 1. The SMILES string of the molecule is COCC(=O)CC(=O)[O-]. The van der Waals surface area contributed by atoms with Crippen LogP contribution < -0.4 is 5.11 Å². The second kappa shape index (κ2) is 4.03. The molecule has 4 nitrogen and oxygen atoms in total. The number of methoxy groups -OCH3 is 1. The highest BCUT2D eigenvalue weighted by molar-refractivity contribution is 5.94. The van der Waals surface area contributed by atoms with E-state index in [4.69, 9.17) is 0 Å². The summed E-state index contributed by atoms with van der Waals surface area (Å²) in [6.45, 7) is -0.159. The van der Waals surface area contributed by atoms with Gasteiger partial charge < -0.3 is 14.6 Å². The molecule has 0 atom stereocenters. The molecular formula is C5H7O4-. The summed E-state index contributed by atoms with van der Waals surface area (Å²) in [6, 6.07) is 0. The molecule has 0 aromatic heterocycles. The zero-order valence-electron chi connectivity index (χ0n) is 5.05. The highest BCUT2D eigenvalue weighted by Crippen LogP contribution is 1.80. The van der Waals surface area contributed by atoms with E-state index in [9.17, 15) is 14.7 Å². The number of Topliss-reactive ketones (excluding diaryl/α,β-unsaturated/α-hetero) is 1. The highest BCUT2D eigenvalue weighted by atomic mass is 16.5. The quantitative estimate of drug-likeness (QED) is 0.428. The Bertz CT molecular complexity index is 118. The van der Waals surface area contributed by atoms with E-state index in [1.165, 1.54) is 7.11 Å². The van der Waals surface area contributed by atoms with Gasteiger partial charge in [0.05, 0.1) is 0 Å². The predicted octanol–water partition coefficient (Wildman–Crippen LogP) is -1.66. The Labute approximate surface area is 52.4 Å². The topological polar surface area (TPSA) is 66.4 Å². The average molecular weight is 131 g/mol. The summed E-state index contributed by atoms with van der Waals surface area (Å²) in [7, 11) is 1.33. The number of ether oxygens (including phenoxy) is 1. The van der Waals surface area contributed by atoms with Crippen LogP contribution >= 0.6 is 0 Å². The van der Waals surface area contributed by atoms with Crippen molar-refractivity contribution >= 4 is 11.8 Å². The van der Waals surface area contributed by atoms with E-state index in [2.05, 4.69) is 4.74 Å². The van der Waals surface area contributed by atoms with E-state index < -0.39 is 18.2 Å². The van der Waals surface area contributed by atoms with Crippen LogP contribution in [0.25, 0.3) is 0 Å². The van der Waals surface area contributed by atoms with E-state index in [0.29, 0.717) is 0 Å². The molecule has 0 spiro atoms. The van der Waals surface area contributed by atoms with Gasteiger partial charge in [-0.1, -0.05) is 0 Å². The molecule has 0 unspecified atom stereocenters. The van der Waals surface area contributed by atoms with E-state index in [1.807, 2.05) is 0 Å². The van der Waals surface area contributed by atoms with Gasteiger partial charge in [0.15, 0.2) is 5.78 Å². The van der Waals surface area contributed by atoms with Gasteiger partial charge in [-0.15, -0.1) is 0 Å². The minimum absolute atomic E-state index is 0.159. The maximum Gasteiger partial charge on any atom is 0.164 e. The molecule has 0 saturated carbocycles. The summed E-state index contributed by atoms with van der Waals surface area (Å²) in [5.74, 6) is -1.84. The first kappa shape index (κ1) is 8.10. The number of carbonyl (C=O) groups excluding carboxylic acids is 2. The van der Waals surface area contributed by atoms with Crippen LogP contribution in [0.5, 0.6) is 0 Å². The molecule has 0 saturated heterocycles. The summed E-state index contributed by atoms with van der Waals surface area (Å²) in [4.78, 5) is 20.0. The van der Waals surface area contributed by atoms with Crippen molar-refractivity contribution in [2.75, 3.05) is 13.7 Å². The molecular weight excluding hydrogens is 124 g/mol. The standard InChI is InChI=1S/C5H8O4/c1-9-3-4(6)2-5(7)8/h2-3H2,1H3,(H,7,8)/p-1. The van der Waals surface area contributed by atoms with Crippen LogP contribution in [-0.2, 0) is 14.3 Å². The predicted molar refractivity (Wildman–Crippen MR) is 26.5 cm³/mol. The summed E-state index contributed by atoms with van der Waals surface area (Å²) >= 11 is 0. The van der Waals surface area contributed by atoms with Crippen molar-refractivity contribution in [1.29, 1.82) is 0 Å². The van der Waals surface area contributed by atoms with Crippen LogP contribution in [0.3, 0.4) is 0 Å². The number of hydrogen-bond acceptors (Lipinski definition) is 4. The third-order valence-corrected chi connectivity index (χ3v) is 0.647. The molecule has 0 heterocycles. The lowest BCUT2D eigenvalue weighted by molar-refractivity contribution is -0.304. The molecule has 0 rings (SSSR count). The molecule has 0 radical (unpaired) electrons. The van der Waals surface area contributed by atoms with Gasteiger partial charge in [-0.05, 0) is 0 Å². The fourth-order valence-electron chi connectivity index (χ4n) is 0.373. The third kappa shape index (κ3) is 4.96. The molecule has 4 heteroatoms. The maximum absolute atomic E-state index is 10.3. The summed E-state index contributed by atoms with van der Waals surface area (Å²) in [5.41, 5.74) is 0. The number of aliphatic carboxylic acids is 1. The molecule has 0 aromatic carbocycles. The minimum Gasteiger partial charge on any atom is -0.550 e. The Balaban J connectivity index is 3.39. The monoisotopic (exact) mass is 131 g/mol. The van der Waals surface area contributed by atoms with Gasteiger partial charge in [0, 0.05) is 19.5 Å². The number of hydrogen-bond donors (Lipinski definition) is 0. The fourth-order valence-corrected chi connectivity index (χ4v) is 0.373. The van der Waals surface area contributed by atoms with Crippen molar-refractivity contribution < 1.29 is 19.4 Å². The number of ketones is 1. The van der Waals surface area contributed by atoms with Gasteiger partial charge in [0.2, 0.25) is 0 Å². The van der Waals surface area contributed by atoms with Crippen LogP contribution in [0.4, 0.5) is 0 Å². The zero-order valence-corrected chi connectivity index (χ0v) is 5.05. The second-order valence-corrected chi connectivity index (χ2v) is 1.52. The Kier molecular flexibility index (Phi) is 3.62. The van der Waals surface area contributed by atoms with Crippen LogP contribution in [0, 0.1) is 0 Å². The zero-order chi connectivity index (χ0) is 7.28. The Morgan fingerprint density at radius 2 is 2.11 bits per heavy atom. The van der Waals surface area contributed by atoms with Crippen LogP contribution in [-0.4, -0.2) is 25.5 Å². The van der Waals surface area contributed by atoms with Crippen LogP contribution in [0.2, 0.25) is 0 Å². The lowest BCUT2D eigenvalue weighted by Gasteiger charge is -1.98. The molecule has 52 valence electrons. The van der Waals surface area contributed by atoms with Crippen molar-refractivity contribution in [2.45, 2.75) is 6.42 Å². The molecule has 0 fully saturated rings. The summed E-state index contributed by atoms with van der Waals surface area (Å²) in [5, 5.41) is 9.70. The summed E-state index contributed by atoms with van der Waals surface area (Å²) in [6.07, 6.45) is -0.562. The van der Waals surface area contributed by atoms with Gasteiger partial charge in [-0.3, -0.25) is 4.79 Å². The van der Waals surface area contributed by atoms with Crippen LogP contribution in [0.15, 0.2) is 0 Å². The third-order valence-electron chi connectivity index (χ3n) is 0.647. The van der Waals surface area contributed by atoms with Crippen LogP contribution in [0.1, 0.15) is 6.42 Å². The van der Waals surface area contributed by atoms with E-state index in [0.717, 1.165) is 0 Å². The Hall–Kier alpha value is -0.900. The van der Waals surface area contributed by atoms with Crippen molar-refractivity contribution in [3.63, 3.8) is 0 Å². The number of rotatable bonds is 4.